The molecular weight excluding hydrogens is 350 g/mol. The van der Waals surface area contributed by atoms with Crippen molar-refractivity contribution < 1.29 is 17.4 Å². The molecule has 0 spiro atoms. The van der Waals surface area contributed by atoms with Crippen molar-refractivity contribution in [3.05, 3.63) is 65.2 Å². The summed E-state index contributed by atoms with van der Waals surface area (Å²) in [6.45, 7) is 0. The molecule has 1 N–H and O–H groups in total. The Morgan fingerprint density at radius 2 is 1.71 bits per heavy atom. The van der Waals surface area contributed by atoms with E-state index in [-0.39, 0.29) is 16.6 Å². The number of halogens is 1. The lowest BCUT2D eigenvalue weighted by Gasteiger charge is -2.10. The predicted octanol–water partition coefficient (Wildman–Crippen LogP) is 3.83. The van der Waals surface area contributed by atoms with Crippen molar-refractivity contribution in [1.29, 1.82) is 0 Å². The summed E-state index contributed by atoms with van der Waals surface area (Å²) in [6, 6.07) is 14.0. The summed E-state index contributed by atoms with van der Waals surface area (Å²) in [7, 11) is -4.06. The number of hydrogen-bond donors (Lipinski definition) is 1. The maximum absolute atomic E-state index is 12.7. The van der Waals surface area contributed by atoms with E-state index in [4.69, 9.17) is 15.8 Å². The Bertz CT molecular complexity index is 1090. The standard InChI is InChI=1S/C17H10ClNO4S/c18-10-4-6-11(7-5-10)23-24(21,22)15-9-8-14-16-12(15)2-1-3-13(16)17(20)19-14/h1-9H,(H,19,20). The van der Waals surface area contributed by atoms with Gasteiger partial charge in [0.2, 0.25) is 0 Å². The number of rotatable bonds is 3. The number of hydrogen-bond acceptors (Lipinski definition) is 4. The van der Waals surface area contributed by atoms with Crippen molar-refractivity contribution in [2.75, 3.05) is 5.32 Å². The average molecular weight is 360 g/mol. The van der Waals surface area contributed by atoms with Gasteiger partial charge in [0.15, 0.2) is 0 Å². The van der Waals surface area contributed by atoms with Gasteiger partial charge in [-0.2, -0.15) is 8.42 Å². The molecule has 5 nitrogen and oxygen atoms in total. The van der Waals surface area contributed by atoms with E-state index in [9.17, 15) is 13.2 Å². The van der Waals surface area contributed by atoms with Gasteiger partial charge in [-0.05, 0) is 42.5 Å². The third-order valence-electron chi connectivity index (χ3n) is 3.78. The SMILES string of the molecule is O=C1Nc2ccc(S(=O)(=O)Oc3ccc(Cl)cc3)c3cccc1c23. The van der Waals surface area contributed by atoms with Gasteiger partial charge in [0.1, 0.15) is 10.6 Å². The topological polar surface area (TPSA) is 72.5 Å². The number of carbonyl (C=O) groups is 1. The number of amides is 1. The Morgan fingerprint density at radius 1 is 0.958 bits per heavy atom. The van der Waals surface area contributed by atoms with E-state index in [2.05, 4.69) is 5.32 Å². The zero-order chi connectivity index (χ0) is 16.9. The lowest BCUT2D eigenvalue weighted by molar-refractivity contribution is 0.103. The van der Waals surface area contributed by atoms with Crippen LogP contribution in [0.3, 0.4) is 0 Å². The van der Waals surface area contributed by atoms with Gasteiger partial charge >= 0.3 is 10.1 Å². The predicted molar refractivity (Wildman–Crippen MR) is 91.2 cm³/mol. The highest BCUT2D eigenvalue weighted by Gasteiger charge is 2.27. The van der Waals surface area contributed by atoms with Gasteiger partial charge in [0.25, 0.3) is 5.91 Å². The second-order valence-corrected chi connectivity index (χ2v) is 7.24. The Hall–Kier alpha value is -2.57. The minimum atomic E-state index is -4.06. The normalized spacial score (nSPS) is 13.1. The zero-order valence-electron chi connectivity index (χ0n) is 12.1. The Morgan fingerprint density at radius 3 is 2.46 bits per heavy atom. The summed E-state index contributed by atoms with van der Waals surface area (Å²) >= 11 is 5.79. The van der Waals surface area contributed by atoms with E-state index < -0.39 is 10.1 Å². The van der Waals surface area contributed by atoms with E-state index in [0.717, 1.165) is 0 Å². The molecule has 0 bridgehead atoms. The first-order valence-corrected chi connectivity index (χ1v) is 8.81. The third kappa shape index (κ3) is 2.31. The number of anilines is 1. The summed E-state index contributed by atoms with van der Waals surface area (Å²) < 4.78 is 30.5. The van der Waals surface area contributed by atoms with E-state index in [1.807, 2.05) is 0 Å². The number of carbonyl (C=O) groups excluding carboxylic acids is 1. The zero-order valence-corrected chi connectivity index (χ0v) is 13.7. The van der Waals surface area contributed by atoms with Gasteiger partial charge in [-0.15, -0.1) is 0 Å². The average Bonchev–Trinajstić information content (AvgIpc) is 2.88. The first-order chi connectivity index (χ1) is 11.5. The lowest BCUT2D eigenvalue weighted by Crippen LogP contribution is -2.10. The van der Waals surface area contributed by atoms with Gasteiger partial charge in [0, 0.05) is 27.0 Å². The van der Waals surface area contributed by atoms with E-state index in [1.165, 1.54) is 18.2 Å². The molecule has 0 aliphatic carbocycles. The van der Waals surface area contributed by atoms with Crippen LogP contribution in [0.5, 0.6) is 5.75 Å². The highest BCUT2D eigenvalue weighted by atomic mass is 35.5. The van der Waals surface area contributed by atoms with Gasteiger partial charge < -0.3 is 9.50 Å². The maximum Gasteiger partial charge on any atom is 0.339 e. The fraction of sp³-hybridized carbons (Fsp3) is 0. The van der Waals surface area contributed by atoms with Gasteiger partial charge in [0.05, 0.1) is 0 Å². The summed E-state index contributed by atoms with van der Waals surface area (Å²) in [5.74, 6) is -0.0828. The summed E-state index contributed by atoms with van der Waals surface area (Å²) in [4.78, 5) is 11.9. The minimum Gasteiger partial charge on any atom is -0.379 e. The van der Waals surface area contributed by atoms with Crippen LogP contribution in [0.25, 0.3) is 10.8 Å². The monoisotopic (exact) mass is 359 g/mol. The third-order valence-corrected chi connectivity index (χ3v) is 5.34. The second-order valence-electron chi connectivity index (χ2n) is 5.28. The molecule has 120 valence electrons. The van der Waals surface area contributed by atoms with Crippen molar-refractivity contribution in [3.63, 3.8) is 0 Å². The molecule has 0 aromatic heterocycles. The molecule has 1 amide bonds. The van der Waals surface area contributed by atoms with Crippen LogP contribution in [0, 0.1) is 0 Å². The molecule has 3 aromatic rings. The fourth-order valence-electron chi connectivity index (χ4n) is 2.74. The second kappa shape index (κ2) is 5.22. The van der Waals surface area contributed by atoms with E-state index in [0.29, 0.717) is 27.0 Å². The molecule has 1 aliphatic heterocycles. The molecule has 0 saturated carbocycles. The molecule has 0 unspecified atom stereocenters. The Balaban J connectivity index is 1.86. The molecule has 0 fully saturated rings. The summed E-state index contributed by atoms with van der Waals surface area (Å²) in [5.41, 5.74) is 1.04. The number of nitrogens with one attached hydrogen (secondary N) is 1. The molecule has 0 atom stereocenters. The highest BCUT2D eigenvalue weighted by Crippen LogP contribution is 2.37. The highest BCUT2D eigenvalue weighted by molar-refractivity contribution is 7.87. The molecule has 0 saturated heterocycles. The van der Waals surface area contributed by atoms with Crippen LogP contribution in [0.4, 0.5) is 5.69 Å². The van der Waals surface area contributed by atoms with Crippen LogP contribution < -0.4 is 9.50 Å². The van der Waals surface area contributed by atoms with Gasteiger partial charge in [-0.25, -0.2) is 0 Å². The molecule has 0 radical (unpaired) electrons. The summed E-state index contributed by atoms with van der Waals surface area (Å²) in [6.07, 6.45) is 0. The molecule has 1 heterocycles. The van der Waals surface area contributed by atoms with Crippen molar-refractivity contribution in [3.8, 4) is 5.75 Å². The lowest BCUT2D eigenvalue weighted by atomic mass is 10.1. The van der Waals surface area contributed by atoms with E-state index >= 15 is 0 Å². The molecule has 24 heavy (non-hydrogen) atoms. The number of benzene rings is 3. The van der Waals surface area contributed by atoms with Crippen LogP contribution in [0.1, 0.15) is 10.4 Å². The van der Waals surface area contributed by atoms with Crippen LogP contribution in [-0.2, 0) is 10.1 Å². The van der Waals surface area contributed by atoms with E-state index in [1.54, 1.807) is 36.4 Å². The minimum absolute atomic E-state index is 0.00884. The van der Waals surface area contributed by atoms with Crippen LogP contribution in [-0.4, -0.2) is 14.3 Å². The van der Waals surface area contributed by atoms with Crippen molar-refractivity contribution >= 4 is 44.1 Å². The van der Waals surface area contributed by atoms with Crippen molar-refractivity contribution in [2.24, 2.45) is 0 Å². The molecule has 4 rings (SSSR count). The fourth-order valence-corrected chi connectivity index (χ4v) is 4.00. The molecule has 3 aromatic carbocycles. The van der Waals surface area contributed by atoms with Gasteiger partial charge in [-0.1, -0.05) is 23.7 Å². The van der Waals surface area contributed by atoms with Gasteiger partial charge in [-0.3, -0.25) is 4.79 Å². The molecular formula is C17H10ClNO4S. The largest absolute Gasteiger partial charge is 0.379 e. The quantitative estimate of drug-likeness (QED) is 0.721. The van der Waals surface area contributed by atoms with Crippen LogP contribution >= 0.6 is 11.6 Å². The van der Waals surface area contributed by atoms with Crippen molar-refractivity contribution in [1.82, 2.24) is 0 Å². The van der Waals surface area contributed by atoms with Crippen LogP contribution in [0.15, 0.2) is 59.5 Å². The molecule has 7 heteroatoms. The maximum atomic E-state index is 12.7. The molecule has 1 aliphatic rings. The van der Waals surface area contributed by atoms with Crippen molar-refractivity contribution in [2.45, 2.75) is 4.90 Å². The Kier molecular flexibility index (Phi) is 3.26. The first kappa shape index (κ1) is 15.0. The Labute approximate surface area is 142 Å². The first-order valence-electron chi connectivity index (χ1n) is 7.03. The van der Waals surface area contributed by atoms with Crippen LogP contribution in [0.2, 0.25) is 5.02 Å². The summed E-state index contributed by atoms with van der Waals surface area (Å²) in [5, 5.41) is 4.23. The smallest absolute Gasteiger partial charge is 0.339 e.